The van der Waals surface area contributed by atoms with Crippen LogP contribution >= 0.6 is 0 Å². The fourth-order valence-corrected chi connectivity index (χ4v) is 3.61. The summed E-state index contributed by atoms with van der Waals surface area (Å²) < 4.78 is 4.79. The molecule has 3 aromatic rings. The molecule has 6 nitrogen and oxygen atoms in total. The summed E-state index contributed by atoms with van der Waals surface area (Å²) >= 11 is 0. The number of aromatic amines is 2. The Hall–Kier alpha value is -3.93. The summed E-state index contributed by atoms with van der Waals surface area (Å²) in [5.41, 5.74) is 8.34. The molecule has 148 valence electrons. The lowest BCUT2D eigenvalue weighted by Crippen LogP contribution is -1.99. The monoisotopic (exact) mass is 396 g/mol. The smallest absolute Gasteiger partial charge is 0.305 e. The van der Waals surface area contributed by atoms with E-state index in [2.05, 4.69) is 15.0 Å². The van der Waals surface area contributed by atoms with Crippen LogP contribution in [0.15, 0.2) is 48.5 Å². The summed E-state index contributed by atoms with van der Waals surface area (Å²) in [7, 11) is 1.41. The summed E-state index contributed by atoms with van der Waals surface area (Å²) in [4.78, 5) is 27.8. The number of allylic oxidation sites excluding steroid dienone is 1. The number of hydrogen-bond donors (Lipinski definition) is 2. The molecule has 0 saturated carbocycles. The van der Waals surface area contributed by atoms with Crippen molar-refractivity contribution in [3.8, 4) is 0 Å². The third-order valence-corrected chi connectivity index (χ3v) is 5.07. The predicted octanol–water partition coefficient (Wildman–Crippen LogP) is 4.98. The summed E-state index contributed by atoms with van der Waals surface area (Å²) in [6, 6.07) is 16.1. The number of fused-ring (bicyclic) bond motifs is 8. The Morgan fingerprint density at radius 1 is 0.833 bits per heavy atom. The molecular weight excluding hydrogens is 376 g/mol. The second-order valence-corrected chi connectivity index (χ2v) is 7.28. The van der Waals surface area contributed by atoms with Crippen molar-refractivity contribution >= 4 is 51.8 Å². The molecule has 2 aliphatic heterocycles. The van der Waals surface area contributed by atoms with Crippen molar-refractivity contribution in [1.82, 2.24) is 19.9 Å². The number of carbonyl (C=O) groups excluding carboxylic acids is 1. The minimum Gasteiger partial charge on any atom is -0.469 e. The van der Waals surface area contributed by atoms with Gasteiger partial charge in [0, 0.05) is 28.5 Å². The first-order valence-electron chi connectivity index (χ1n) is 9.79. The molecule has 0 saturated heterocycles. The molecule has 0 aliphatic carbocycles. The average Bonchev–Trinajstić information content (AvgIpc) is 3.51. The summed E-state index contributed by atoms with van der Waals surface area (Å²) in [6.07, 6.45) is 6.92. The van der Waals surface area contributed by atoms with Gasteiger partial charge in [-0.15, -0.1) is 0 Å². The number of nitrogens with one attached hydrogen (secondary N) is 2. The van der Waals surface area contributed by atoms with Gasteiger partial charge >= 0.3 is 5.97 Å². The second kappa shape index (κ2) is 7.48. The van der Waals surface area contributed by atoms with Crippen molar-refractivity contribution in [3.63, 3.8) is 0 Å². The molecule has 5 rings (SSSR count). The molecule has 0 unspecified atom stereocenters. The Balaban J connectivity index is 1.70. The lowest BCUT2D eigenvalue weighted by molar-refractivity contribution is -0.140. The zero-order chi connectivity index (χ0) is 20.5. The van der Waals surface area contributed by atoms with E-state index in [0.29, 0.717) is 12.8 Å². The van der Waals surface area contributed by atoms with Crippen LogP contribution in [-0.4, -0.2) is 33.0 Å². The number of hydrogen-bond acceptors (Lipinski definition) is 4. The van der Waals surface area contributed by atoms with E-state index in [-0.39, 0.29) is 5.97 Å². The number of H-pyrrole nitrogens is 2. The van der Waals surface area contributed by atoms with E-state index in [4.69, 9.17) is 9.72 Å². The molecule has 6 heteroatoms. The van der Waals surface area contributed by atoms with Crippen LogP contribution < -0.4 is 0 Å². The molecule has 0 amide bonds. The highest BCUT2D eigenvalue weighted by molar-refractivity contribution is 5.86. The minimum absolute atomic E-state index is 0.228. The molecule has 2 N–H and O–H groups in total. The van der Waals surface area contributed by atoms with Crippen molar-refractivity contribution in [1.29, 1.82) is 0 Å². The first-order chi connectivity index (χ1) is 14.6. The standard InChI is InChI=1S/C24H20N4O2/c1-30-24(29)9-2-15-10-22-13-20-6-5-18(26-20)11-16-3-4-17(25-16)12-19-7-8-21(27-19)14-23(15)28-22/h3-8,10-14,26-27H,2,9H2,1H3. The highest BCUT2D eigenvalue weighted by Gasteiger charge is 2.12. The largest absolute Gasteiger partial charge is 0.469 e. The molecule has 5 heterocycles. The van der Waals surface area contributed by atoms with Crippen LogP contribution in [0.5, 0.6) is 0 Å². The molecule has 8 bridgehead atoms. The maximum atomic E-state index is 11.6. The Kier molecular flexibility index (Phi) is 4.52. The van der Waals surface area contributed by atoms with Gasteiger partial charge in [0.05, 0.1) is 29.9 Å². The maximum absolute atomic E-state index is 11.6. The van der Waals surface area contributed by atoms with Crippen LogP contribution in [0.25, 0.3) is 45.9 Å². The average molecular weight is 396 g/mol. The van der Waals surface area contributed by atoms with E-state index in [0.717, 1.165) is 50.4 Å². The SMILES string of the molecule is COC(=O)CCC1=Cc2cc3ccc(cc4nc(cc5ccc(cc1n2)[nH]5)C=C4)[nH]3. The number of esters is 1. The topological polar surface area (TPSA) is 83.7 Å². The summed E-state index contributed by atoms with van der Waals surface area (Å²) in [6.45, 7) is 0. The van der Waals surface area contributed by atoms with E-state index in [1.54, 1.807) is 0 Å². The quantitative estimate of drug-likeness (QED) is 0.479. The van der Waals surface area contributed by atoms with Crippen LogP contribution in [0.2, 0.25) is 0 Å². The zero-order valence-corrected chi connectivity index (χ0v) is 16.5. The number of ether oxygens (including phenoxy) is 1. The molecule has 0 aromatic carbocycles. The molecular formula is C24H20N4O2. The summed E-state index contributed by atoms with van der Waals surface area (Å²) in [5, 5.41) is 0. The summed E-state index contributed by atoms with van der Waals surface area (Å²) in [5.74, 6) is -0.228. The van der Waals surface area contributed by atoms with Crippen LogP contribution in [0, 0.1) is 0 Å². The Bertz CT molecular complexity index is 1360. The van der Waals surface area contributed by atoms with Crippen LogP contribution in [-0.2, 0) is 9.53 Å². The molecule has 0 radical (unpaired) electrons. The van der Waals surface area contributed by atoms with Gasteiger partial charge in [-0.25, -0.2) is 9.97 Å². The van der Waals surface area contributed by atoms with Crippen LogP contribution in [0.3, 0.4) is 0 Å². The maximum Gasteiger partial charge on any atom is 0.305 e. The van der Waals surface area contributed by atoms with Crippen molar-refractivity contribution in [2.45, 2.75) is 12.8 Å². The highest BCUT2D eigenvalue weighted by atomic mass is 16.5. The predicted molar refractivity (Wildman–Crippen MR) is 119 cm³/mol. The van der Waals surface area contributed by atoms with Crippen molar-refractivity contribution < 1.29 is 9.53 Å². The van der Waals surface area contributed by atoms with Crippen LogP contribution in [0.1, 0.15) is 35.6 Å². The van der Waals surface area contributed by atoms with Gasteiger partial charge in [0.2, 0.25) is 0 Å². The zero-order valence-electron chi connectivity index (χ0n) is 16.5. The van der Waals surface area contributed by atoms with Gasteiger partial charge in [0.25, 0.3) is 0 Å². The van der Waals surface area contributed by atoms with Crippen LogP contribution in [0.4, 0.5) is 0 Å². The van der Waals surface area contributed by atoms with Gasteiger partial charge in [-0.2, -0.15) is 0 Å². The number of carbonyl (C=O) groups is 1. The van der Waals surface area contributed by atoms with Gasteiger partial charge in [-0.3, -0.25) is 4.79 Å². The number of methoxy groups -OCH3 is 1. The lowest BCUT2D eigenvalue weighted by atomic mass is 10.1. The van der Waals surface area contributed by atoms with E-state index in [1.165, 1.54) is 7.11 Å². The highest BCUT2D eigenvalue weighted by Crippen LogP contribution is 2.26. The van der Waals surface area contributed by atoms with Gasteiger partial charge in [0.15, 0.2) is 0 Å². The van der Waals surface area contributed by atoms with E-state index in [9.17, 15) is 4.79 Å². The molecule has 0 fully saturated rings. The number of nitrogens with zero attached hydrogens (tertiary/aromatic N) is 2. The van der Waals surface area contributed by atoms with Crippen molar-refractivity contribution in [2.24, 2.45) is 0 Å². The van der Waals surface area contributed by atoms with E-state index >= 15 is 0 Å². The molecule has 0 spiro atoms. The first kappa shape index (κ1) is 18.1. The van der Waals surface area contributed by atoms with E-state index in [1.807, 2.05) is 66.8 Å². The fourth-order valence-electron chi connectivity index (χ4n) is 3.61. The Labute approximate surface area is 173 Å². The normalized spacial score (nSPS) is 12.6. The molecule has 2 aliphatic rings. The third kappa shape index (κ3) is 3.80. The van der Waals surface area contributed by atoms with Gasteiger partial charge in [-0.05, 0) is 78.8 Å². The Morgan fingerprint density at radius 2 is 1.40 bits per heavy atom. The number of aromatic nitrogens is 4. The van der Waals surface area contributed by atoms with Gasteiger partial charge < -0.3 is 14.7 Å². The van der Waals surface area contributed by atoms with E-state index < -0.39 is 0 Å². The van der Waals surface area contributed by atoms with Crippen molar-refractivity contribution in [2.75, 3.05) is 7.11 Å². The van der Waals surface area contributed by atoms with Gasteiger partial charge in [-0.1, -0.05) is 0 Å². The molecule has 30 heavy (non-hydrogen) atoms. The second-order valence-electron chi connectivity index (χ2n) is 7.28. The third-order valence-electron chi connectivity index (χ3n) is 5.07. The minimum atomic E-state index is -0.228. The number of rotatable bonds is 3. The molecule has 3 aromatic heterocycles. The first-order valence-corrected chi connectivity index (χ1v) is 9.79. The fraction of sp³-hybridized carbons (Fsp3) is 0.125. The van der Waals surface area contributed by atoms with Crippen molar-refractivity contribution in [3.05, 3.63) is 71.3 Å². The van der Waals surface area contributed by atoms with Gasteiger partial charge in [0.1, 0.15) is 0 Å². The lowest BCUT2D eigenvalue weighted by Gasteiger charge is -2.00. The Morgan fingerprint density at radius 3 is 2.00 bits per heavy atom. The molecule has 0 atom stereocenters.